The summed E-state index contributed by atoms with van der Waals surface area (Å²) in [5.41, 5.74) is 1.61. The SMILES string of the molecule is CC(C)C(=O)NCc1cn(-c2ccncc2)nn1. The Morgan fingerprint density at radius 3 is 2.78 bits per heavy atom. The van der Waals surface area contributed by atoms with Crippen molar-refractivity contribution in [3.05, 3.63) is 36.4 Å². The number of hydrogen-bond acceptors (Lipinski definition) is 4. The van der Waals surface area contributed by atoms with Crippen LogP contribution in [-0.4, -0.2) is 25.9 Å². The predicted molar refractivity (Wildman–Crippen MR) is 65.8 cm³/mol. The molecule has 0 fully saturated rings. The van der Waals surface area contributed by atoms with E-state index in [-0.39, 0.29) is 11.8 Å². The predicted octanol–water partition coefficient (Wildman–Crippen LogP) is 0.934. The fourth-order valence-electron chi connectivity index (χ4n) is 1.38. The summed E-state index contributed by atoms with van der Waals surface area (Å²) in [6, 6.07) is 3.68. The van der Waals surface area contributed by atoms with Crippen molar-refractivity contribution in [3.63, 3.8) is 0 Å². The second kappa shape index (κ2) is 5.39. The van der Waals surface area contributed by atoms with E-state index in [0.717, 1.165) is 11.4 Å². The highest BCUT2D eigenvalue weighted by molar-refractivity contribution is 5.77. The van der Waals surface area contributed by atoms with Gasteiger partial charge in [-0.05, 0) is 12.1 Å². The zero-order valence-electron chi connectivity index (χ0n) is 10.4. The smallest absolute Gasteiger partial charge is 0.222 e. The van der Waals surface area contributed by atoms with Gasteiger partial charge in [0, 0.05) is 18.3 Å². The van der Waals surface area contributed by atoms with Crippen LogP contribution < -0.4 is 5.32 Å². The molecule has 0 unspecified atom stereocenters. The first kappa shape index (κ1) is 12.2. The Labute approximate surface area is 105 Å². The molecule has 0 aliphatic rings. The summed E-state index contributed by atoms with van der Waals surface area (Å²) in [5, 5.41) is 10.8. The van der Waals surface area contributed by atoms with Crippen molar-refractivity contribution in [2.24, 2.45) is 5.92 Å². The average molecular weight is 245 g/mol. The molecular weight excluding hydrogens is 230 g/mol. The Bertz CT molecular complexity index is 520. The first-order valence-electron chi connectivity index (χ1n) is 5.76. The highest BCUT2D eigenvalue weighted by Crippen LogP contribution is 2.04. The summed E-state index contributed by atoms with van der Waals surface area (Å²) in [4.78, 5) is 15.4. The van der Waals surface area contributed by atoms with Crippen LogP contribution >= 0.6 is 0 Å². The maximum atomic E-state index is 11.4. The van der Waals surface area contributed by atoms with Crippen molar-refractivity contribution in [2.45, 2.75) is 20.4 Å². The summed E-state index contributed by atoms with van der Waals surface area (Å²) >= 11 is 0. The monoisotopic (exact) mass is 245 g/mol. The normalized spacial score (nSPS) is 10.6. The maximum Gasteiger partial charge on any atom is 0.222 e. The fraction of sp³-hybridized carbons (Fsp3) is 0.333. The lowest BCUT2D eigenvalue weighted by Gasteiger charge is -2.04. The number of carbonyl (C=O) groups excluding carboxylic acids is 1. The first-order valence-corrected chi connectivity index (χ1v) is 5.76. The zero-order valence-corrected chi connectivity index (χ0v) is 10.4. The van der Waals surface area contributed by atoms with Crippen LogP contribution in [0, 0.1) is 5.92 Å². The Balaban J connectivity index is 2.01. The van der Waals surface area contributed by atoms with E-state index in [0.29, 0.717) is 6.54 Å². The van der Waals surface area contributed by atoms with E-state index in [9.17, 15) is 4.79 Å². The standard InChI is InChI=1S/C12H15N5O/c1-9(2)12(18)14-7-10-8-17(16-15-10)11-3-5-13-6-4-11/h3-6,8-9H,7H2,1-2H3,(H,14,18). The third-order valence-corrected chi connectivity index (χ3v) is 2.44. The first-order chi connectivity index (χ1) is 8.66. The second-order valence-corrected chi connectivity index (χ2v) is 4.23. The molecule has 94 valence electrons. The minimum absolute atomic E-state index is 0.00783. The van der Waals surface area contributed by atoms with Crippen molar-refractivity contribution >= 4 is 5.91 Å². The molecule has 0 saturated carbocycles. The number of aromatic nitrogens is 4. The lowest BCUT2D eigenvalue weighted by atomic mass is 10.2. The third kappa shape index (κ3) is 2.91. The molecule has 2 heterocycles. The highest BCUT2D eigenvalue weighted by atomic mass is 16.1. The molecule has 6 heteroatoms. The van der Waals surface area contributed by atoms with Crippen molar-refractivity contribution in [1.82, 2.24) is 25.3 Å². The third-order valence-electron chi connectivity index (χ3n) is 2.44. The fourth-order valence-corrected chi connectivity index (χ4v) is 1.38. The molecule has 0 aliphatic carbocycles. The van der Waals surface area contributed by atoms with Crippen LogP contribution in [0.25, 0.3) is 5.69 Å². The molecule has 0 aromatic carbocycles. The van der Waals surface area contributed by atoms with Gasteiger partial charge in [0.25, 0.3) is 0 Å². The molecule has 0 bridgehead atoms. The van der Waals surface area contributed by atoms with Gasteiger partial charge < -0.3 is 5.32 Å². The lowest BCUT2D eigenvalue weighted by Crippen LogP contribution is -2.27. The largest absolute Gasteiger partial charge is 0.350 e. The number of rotatable bonds is 4. The number of carbonyl (C=O) groups is 1. The second-order valence-electron chi connectivity index (χ2n) is 4.23. The Hall–Kier alpha value is -2.24. The van der Waals surface area contributed by atoms with Crippen LogP contribution in [0.4, 0.5) is 0 Å². The van der Waals surface area contributed by atoms with Gasteiger partial charge >= 0.3 is 0 Å². The van der Waals surface area contributed by atoms with Crippen LogP contribution in [0.3, 0.4) is 0 Å². The van der Waals surface area contributed by atoms with Crippen molar-refractivity contribution in [2.75, 3.05) is 0 Å². The number of nitrogens with one attached hydrogen (secondary N) is 1. The Morgan fingerprint density at radius 2 is 2.11 bits per heavy atom. The topological polar surface area (TPSA) is 72.7 Å². The maximum absolute atomic E-state index is 11.4. The molecule has 2 rings (SSSR count). The van der Waals surface area contributed by atoms with Crippen LogP contribution in [-0.2, 0) is 11.3 Å². The van der Waals surface area contributed by atoms with Gasteiger partial charge in [-0.15, -0.1) is 5.10 Å². The molecule has 2 aromatic rings. The van der Waals surface area contributed by atoms with Gasteiger partial charge in [0.15, 0.2) is 0 Å². The molecule has 2 aromatic heterocycles. The summed E-state index contributed by atoms with van der Waals surface area (Å²) in [5.74, 6) is -0.0197. The number of pyridine rings is 1. The molecule has 0 saturated heterocycles. The highest BCUT2D eigenvalue weighted by Gasteiger charge is 2.08. The van der Waals surface area contributed by atoms with Crippen molar-refractivity contribution in [1.29, 1.82) is 0 Å². The molecule has 18 heavy (non-hydrogen) atoms. The van der Waals surface area contributed by atoms with E-state index >= 15 is 0 Å². The van der Waals surface area contributed by atoms with Crippen LogP contribution in [0.2, 0.25) is 0 Å². The molecule has 0 spiro atoms. The van der Waals surface area contributed by atoms with E-state index in [1.54, 1.807) is 23.3 Å². The minimum Gasteiger partial charge on any atom is -0.350 e. The molecule has 0 atom stereocenters. The van der Waals surface area contributed by atoms with E-state index in [4.69, 9.17) is 0 Å². The van der Waals surface area contributed by atoms with E-state index in [2.05, 4.69) is 20.6 Å². The summed E-state index contributed by atoms with van der Waals surface area (Å²) in [6.45, 7) is 4.09. The zero-order chi connectivity index (χ0) is 13.0. The van der Waals surface area contributed by atoms with Crippen LogP contribution in [0.5, 0.6) is 0 Å². The minimum atomic E-state index is -0.0276. The average Bonchev–Trinajstić information content (AvgIpc) is 2.85. The van der Waals surface area contributed by atoms with Gasteiger partial charge in [0.2, 0.25) is 5.91 Å². The van der Waals surface area contributed by atoms with Gasteiger partial charge in [-0.2, -0.15) is 0 Å². The van der Waals surface area contributed by atoms with Crippen molar-refractivity contribution < 1.29 is 4.79 Å². The van der Waals surface area contributed by atoms with Crippen LogP contribution in [0.15, 0.2) is 30.7 Å². The molecular formula is C12H15N5O. The Morgan fingerprint density at radius 1 is 1.39 bits per heavy atom. The van der Waals surface area contributed by atoms with Crippen molar-refractivity contribution in [3.8, 4) is 5.69 Å². The van der Waals surface area contributed by atoms with Gasteiger partial charge in [-0.3, -0.25) is 9.78 Å². The summed E-state index contributed by atoms with van der Waals surface area (Å²) < 4.78 is 1.65. The van der Waals surface area contributed by atoms with Gasteiger partial charge in [0.1, 0.15) is 5.69 Å². The molecule has 1 N–H and O–H groups in total. The molecule has 1 amide bonds. The summed E-state index contributed by atoms with van der Waals surface area (Å²) in [6.07, 6.45) is 5.17. The lowest BCUT2D eigenvalue weighted by molar-refractivity contribution is -0.124. The van der Waals surface area contributed by atoms with E-state index in [1.165, 1.54) is 0 Å². The molecule has 0 radical (unpaired) electrons. The summed E-state index contributed by atoms with van der Waals surface area (Å²) in [7, 11) is 0. The van der Waals surface area contributed by atoms with Gasteiger partial charge in [-0.1, -0.05) is 19.1 Å². The Kier molecular flexibility index (Phi) is 3.66. The molecule has 0 aliphatic heterocycles. The number of hydrogen-bond donors (Lipinski definition) is 1. The number of nitrogens with zero attached hydrogens (tertiary/aromatic N) is 4. The van der Waals surface area contributed by atoms with E-state index < -0.39 is 0 Å². The van der Waals surface area contributed by atoms with Crippen LogP contribution in [0.1, 0.15) is 19.5 Å². The van der Waals surface area contributed by atoms with Gasteiger partial charge in [-0.25, -0.2) is 4.68 Å². The quantitative estimate of drug-likeness (QED) is 0.869. The number of amides is 1. The van der Waals surface area contributed by atoms with Gasteiger partial charge in [0.05, 0.1) is 18.4 Å². The van der Waals surface area contributed by atoms with E-state index in [1.807, 2.05) is 26.0 Å². The molecule has 6 nitrogen and oxygen atoms in total.